The molecule has 0 spiro atoms. The first kappa shape index (κ1) is 16.6. The summed E-state index contributed by atoms with van der Waals surface area (Å²) in [6, 6.07) is 4.63. The number of amides is 1. The van der Waals surface area contributed by atoms with Crippen molar-refractivity contribution in [1.82, 2.24) is 15.5 Å². The maximum atomic E-state index is 12.2. The Balaban J connectivity index is 1.33. The summed E-state index contributed by atoms with van der Waals surface area (Å²) in [5, 5.41) is 21.3. The first-order valence-electron chi connectivity index (χ1n) is 9.51. The molecule has 3 aliphatic rings. The van der Waals surface area contributed by atoms with Crippen LogP contribution in [-0.2, 0) is 4.79 Å². The average Bonchev–Trinajstić information content (AvgIpc) is 3.34. The highest BCUT2D eigenvalue weighted by atomic mass is 16.3. The summed E-state index contributed by atoms with van der Waals surface area (Å²) in [6.45, 7) is 2.79. The zero-order chi connectivity index (χ0) is 17.2. The monoisotopic (exact) mass is 345 g/mol. The standard InChI is InChI=1S/C18H27N5O2/c24-12-15-2-1-9-23(15)17-6-5-16(20-21-17)22-10-7-13(8-11-22)18(25)19-14-3-4-14/h5-6,13-15,24H,1-4,7-12H2,(H,19,25). The van der Waals surface area contributed by atoms with Crippen molar-refractivity contribution in [1.29, 1.82) is 0 Å². The van der Waals surface area contributed by atoms with Gasteiger partial charge in [-0.3, -0.25) is 4.79 Å². The van der Waals surface area contributed by atoms with E-state index in [4.69, 9.17) is 0 Å². The first-order valence-corrected chi connectivity index (χ1v) is 9.51. The summed E-state index contributed by atoms with van der Waals surface area (Å²) in [5.41, 5.74) is 0. The quantitative estimate of drug-likeness (QED) is 0.826. The summed E-state index contributed by atoms with van der Waals surface area (Å²) in [7, 11) is 0. The van der Waals surface area contributed by atoms with Crippen LogP contribution < -0.4 is 15.1 Å². The van der Waals surface area contributed by atoms with Crippen molar-refractivity contribution < 1.29 is 9.90 Å². The molecule has 7 heteroatoms. The molecule has 7 nitrogen and oxygen atoms in total. The van der Waals surface area contributed by atoms with Crippen LogP contribution in [0.15, 0.2) is 12.1 Å². The topological polar surface area (TPSA) is 81.6 Å². The van der Waals surface area contributed by atoms with Crippen LogP contribution in [0.25, 0.3) is 0 Å². The van der Waals surface area contributed by atoms with E-state index in [1.54, 1.807) is 0 Å². The minimum atomic E-state index is 0.138. The van der Waals surface area contributed by atoms with E-state index in [9.17, 15) is 9.90 Å². The van der Waals surface area contributed by atoms with Gasteiger partial charge in [-0.1, -0.05) is 0 Å². The minimum Gasteiger partial charge on any atom is -0.394 e. The molecule has 2 aliphatic heterocycles. The Bertz CT molecular complexity index is 596. The van der Waals surface area contributed by atoms with E-state index in [-0.39, 0.29) is 24.5 Å². The molecular weight excluding hydrogens is 318 g/mol. The van der Waals surface area contributed by atoms with E-state index in [0.29, 0.717) is 6.04 Å². The van der Waals surface area contributed by atoms with Crippen molar-refractivity contribution in [2.24, 2.45) is 5.92 Å². The van der Waals surface area contributed by atoms with Gasteiger partial charge >= 0.3 is 0 Å². The number of hydrogen-bond donors (Lipinski definition) is 2. The molecule has 2 N–H and O–H groups in total. The number of piperidine rings is 1. The molecule has 3 fully saturated rings. The van der Waals surface area contributed by atoms with E-state index in [1.807, 2.05) is 12.1 Å². The first-order chi connectivity index (χ1) is 12.2. The van der Waals surface area contributed by atoms with Crippen LogP contribution in [0.3, 0.4) is 0 Å². The molecule has 1 aromatic heterocycles. The van der Waals surface area contributed by atoms with E-state index < -0.39 is 0 Å². The summed E-state index contributed by atoms with van der Waals surface area (Å²) in [4.78, 5) is 16.5. The predicted molar refractivity (Wildman–Crippen MR) is 95.6 cm³/mol. The number of aromatic nitrogens is 2. The molecule has 1 amide bonds. The highest BCUT2D eigenvalue weighted by Gasteiger charge is 2.30. The van der Waals surface area contributed by atoms with Crippen LogP contribution in [-0.4, -0.2) is 59.5 Å². The largest absolute Gasteiger partial charge is 0.394 e. The molecule has 136 valence electrons. The molecular formula is C18H27N5O2. The molecule has 4 rings (SSSR count). The lowest BCUT2D eigenvalue weighted by molar-refractivity contribution is -0.125. The molecule has 0 aromatic carbocycles. The van der Waals surface area contributed by atoms with Crippen LogP contribution in [0.2, 0.25) is 0 Å². The van der Waals surface area contributed by atoms with Crippen LogP contribution in [0.1, 0.15) is 38.5 Å². The van der Waals surface area contributed by atoms with E-state index in [1.165, 1.54) is 0 Å². The number of rotatable bonds is 5. The number of carbonyl (C=O) groups is 1. The zero-order valence-electron chi connectivity index (χ0n) is 14.6. The summed E-state index contributed by atoms with van der Waals surface area (Å²) in [5.74, 6) is 2.09. The molecule has 1 unspecified atom stereocenters. The predicted octanol–water partition coefficient (Wildman–Crippen LogP) is 0.933. The van der Waals surface area contributed by atoms with Gasteiger partial charge in [-0.25, -0.2) is 0 Å². The second-order valence-corrected chi connectivity index (χ2v) is 7.47. The number of carbonyl (C=O) groups excluding carboxylic acids is 1. The lowest BCUT2D eigenvalue weighted by atomic mass is 9.96. The van der Waals surface area contributed by atoms with Gasteiger partial charge in [0.1, 0.15) is 0 Å². The number of nitrogens with one attached hydrogen (secondary N) is 1. The highest BCUT2D eigenvalue weighted by molar-refractivity contribution is 5.79. The van der Waals surface area contributed by atoms with Gasteiger partial charge in [-0.05, 0) is 50.7 Å². The number of nitrogens with zero attached hydrogens (tertiary/aromatic N) is 4. The number of aliphatic hydroxyl groups is 1. The molecule has 2 saturated heterocycles. The fourth-order valence-corrected chi connectivity index (χ4v) is 3.88. The molecule has 1 saturated carbocycles. The average molecular weight is 345 g/mol. The molecule has 0 radical (unpaired) electrons. The number of anilines is 2. The Hall–Kier alpha value is -1.89. The third-order valence-corrected chi connectivity index (χ3v) is 5.63. The van der Waals surface area contributed by atoms with Gasteiger partial charge in [0, 0.05) is 31.6 Å². The SMILES string of the molecule is O=C(NC1CC1)C1CCN(c2ccc(N3CCCC3CO)nn2)CC1. The van der Waals surface area contributed by atoms with Gasteiger partial charge in [0.2, 0.25) is 5.91 Å². The molecule has 1 aliphatic carbocycles. The van der Waals surface area contributed by atoms with Gasteiger partial charge in [0.05, 0.1) is 12.6 Å². The van der Waals surface area contributed by atoms with Gasteiger partial charge in [0.15, 0.2) is 11.6 Å². The molecule has 3 heterocycles. The Morgan fingerprint density at radius 3 is 2.44 bits per heavy atom. The number of hydrogen-bond acceptors (Lipinski definition) is 6. The third-order valence-electron chi connectivity index (χ3n) is 5.63. The second-order valence-electron chi connectivity index (χ2n) is 7.47. The lowest BCUT2D eigenvalue weighted by Gasteiger charge is -2.32. The summed E-state index contributed by atoms with van der Waals surface area (Å²) in [6.07, 6.45) is 6.13. The van der Waals surface area contributed by atoms with Crippen molar-refractivity contribution in [3.05, 3.63) is 12.1 Å². The Kier molecular flexibility index (Phi) is 4.74. The zero-order valence-corrected chi connectivity index (χ0v) is 14.6. The Morgan fingerprint density at radius 1 is 1.08 bits per heavy atom. The molecule has 0 bridgehead atoms. The Labute approximate surface area is 148 Å². The molecule has 1 atom stereocenters. The highest BCUT2D eigenvalue weighted by Crippen LogP contribution is 2.27. The van der Waals surface area contributed by atoms with Gasteiger partial charge in [0.25, 0.3) is 0 Å². The minimum absolute atomic E-state index is 0.138. The second kappa shape index (κ2) is 7.15. The summed E-state index contributed by atoms with van der Waals surface area (Å²) >= 11 is 0. The van der Waals surface area contributed by atoms with Crippen LogP contribution >= 0.6 is 0 Å². The normalized spacial score (nSPS) is 24.6. The molecule has 1 aromatic rings. The smallest absolute Gasteiger partial charge is 0.223 e. The third kappa shape index (κ3) is 3.71. The van der Waals surface area contributed by atoms with E-state index >= 15 is 0 Å². The maximum absolute atomic E-state index is 12.2. The van der Waals surface area contributed by atoms with Crippen molar-refractivity contribution in [2.75, 3.05) is 36.0 Å². The van der Waals surface area contributed by atoms with Crippen LogP contribution in [0.4, 0.5) is 11.6 Å². The van der Waals surface area contributed by atoms with Crippen molar-refractivity contribution in [2.45, 2.75) is 50.6 Å². The fraction of sp³-hybridized carbons (Fsp3) is 0.722. The van der Waals surface area contributed by atoms with Crippen molar-refractivity contribution in [3.8, 4) is 0 Å². The van der Waals surface area contributed by atoms with Crippen LogP contribution in [0, 0.1) is 5.92 Å². The van der Waals surface area contributed by atoms with Crippen LogP contribution in [0.5, 0.6) is 0 Å². The van der Waals surface area contributed by atoms with E-state index in [2.05, 4.69) is 25.3 Å². The Morgan fingerprint density at radius 2 is 1.80 bits per heavy atom. The van der Waals surface area contributed by atoms with Crippen molar-refractivity contribution in [3.63, 3.8) is 0 Å². The van der Waals surface area contributed by atoms with Gasteiger partial charge < -0.3 is 20.2 Å². The summed E-state index contributed by atoms with van der Waals surface area (Å²) < 4.78 is 0. The lowest BCUT2D eigenvalue weighted by Crippen LogP contribution is -2.41. The van der Waals surface area contributed by atoms with E-state index in [0.717, 1.165) is 69.8 Å². The van der Waals surface area contributed by atoms with Gasteiger partial charge in [-0.15, -0.1) is 10.2 Å². The van der Waals surface area contributed by atoms with Gasteiger partial charge in [-0.2, -0.15) is 0 Å². The molecule has 25 heavy (non-hydrogen) atoms. The maximum Gasteiger partial charge on any atom is 0.223 e. The van der Waals surface area contributed by atoms with Crippen molar-refractivity contribution >= 4 is 17.5 Å². The fourth-order valence-electron chi connectivity index (χ4n) is 3.88. The number of aliphatic hydroxyl groups excluding tert-OH is 1.